The third kappa shape index (κ3) is 9.60. The summed E-state index contributed by atoms with van der Waals surface area (Å²) in [6, 6.07) is 11.0. The van der Waals surface area contributed by atoms with E-state index >= 15 is 0 Å². The Morgan fingerprint density at radius 1 is 0.806 bits per heavy atom. The van der Waals surface area contributed by atoms with Crippen LogP contribution in [0.15, 0.2) is 41.3 Å². The van der Waals surface area contributed by atoms with Gasteiger partial charge in [-0.05, 0) is 48.2 Å². The van der Waals surface area contributed by atoms with E-state index in [-0.39, 0.29) is 9.92 Å². The van der Waals surface area contributed by atoms with Crippen molar-refractivity contribution in [2.24, 2.45) is 0 Å². The van der Waals surface area contributed by atoms with Crippen LogP contribution < -0.4 is 4.74 Å². The predicted molar refractivity (Wildman–Crippen MR) is 150 cm³/mol. The van der Waals surface area contributed by atoms with Crippen molar-refractivity contribution in [1.29, 1.82) is 0 Å². The van der Waals surface area contributed by atoms with E-state index in [2.05, 4.69) is 6.92 Å². The Morgan fingerprint density at radius 2 is 1.36 bits per heavy atom. The molecule has 0 saturated heterocycles. The second kappa shape index (κ2) is 16.2. The van der Waals surface area contributed by atoms with Crippen LogP contribution in [0, 0.1) is 0 Å². The number of hydrogen-bond donors (Lipinski definition) is 1. The summed E-state index contributed by atoms with van der Waals surface area (Å²) in [7, 11) is -3.82. The Bertz CT molecular complexity index is 1000. The fourth-order valence-corrected chi connectivity index (χ4v) is 6.26. The Labute approximate surface area is 223 Å². The second-order valence-corrected chi connectivity index (χ2v) is 11.7. The number of sulfonamides is 1. The molecule has 0 amide bonds. The van der Waals surface area contributed by atoms with Gasteiger partial charge in [0.1, 0.15) is 10.6 Å². The standard InChI is InChI=1S/C29H44ClNO4S/c1-4-7-8-9-10-11-12-13-14-15-20-35-26-18-16-24(17-19-26)21-25-22-27(30)29(32)28(23-25)36(33,34)31(5-2)6-3/h16-19,22-23,32H,4-15,20-21H2,1-3H3. The van der Waals surface area contributed by atoms with Crippen molar-refractivity contribution in [1.82, 2.24) is 4.31 Å². The first kappa shape index (κ1) is 30.5. The lowest BCUT2D eigenvalue weighted by atomic mass is 10.0. The van der Waals surface area contributed by atoms with Crippen LogP contribution in [0.2, 0.25) is 5.02 Å². The monoisotopic (exact) mass is 537 g/mol. The van der Waals surface area contributed by atoms with Gasteiger partial charge in [-0.1, -0.05) is 102 Å². The first-order valence-corrected chi connectivity index (χ1v) is 15.4. The minimum atomic E-state index is -3.82. The number of aromatic hydroxyl groups is 1. The highest BCUT2D eigenvalue weighted by Gasteiger charge is 2.27. The molecular formula is C29H44ClNO4S. The molecule has 1 N–H and O–H groups in total. The smallest absolute Gasteiger partial charge is 0.246 e. The summed E-state index contributed by atoms with van der Waals surface area (Å²) < 4.78 is 33.1. The number of phenols is 1. The van der Waals surface area contributed by atoms with Crippen LogP contribution in [0.25, 0.3) is 0 Å². The fraction of sp³-hybridized carbons (Fsp3) is 0.586. The van der Waals surface area contributed by atoms with Crippen molar-refractivity contribution >= 4 is 21.6 Å². The number of phenolic OH excluding ortho intramolecular Hbond substituents is 1. The van der Waals surface area contributed by atoms with Gasteiger partial charge in [0.15, 0.2) is 5.75 Å². The molecule has 7 heteroatoms. The molecule has 0 aromatic heterocycles. The van der Waals surface area contributed by atoms with Crippen molar-refractivity contribution in [3.05, 3.63) is 52.5 Å². The van der Waals surface area contributed by atoms with Gasteiger partial charge in [0, 0.05) is 13.1 Å². The Morgan fingerprint density at radius 3 is 1.92 bits per heavy atom. The number of halogens is 1. The summed E-state index contributed by atoms with van der Waals surface area (Å²) in [6.45, 7) is 7.15. The summed E-state index contributed by atoms with van der Waals surface area (Å²) in [6.07, 6.45) is 13.5. The first-order valence-electron chi connectivity index (χ1n) is 13.6. The molecule has 0 fully saturated rings. The normalized spacial score (nSPS) is 11.8. The zero-order chi connectivity index (χ0) is 26.4. The molecule has 0 aliphatic heterocycles. The lowest BCUT2D eigenvalue weighted by molar-refractivity contribution is 0.304. The van der Waals surface area contributed by atoms with Crippen molar-refractivity contribution in [2.75, 3.05) is 19.7 Å². The van der Waals surface area contributed by atoms with Gasteiger partial charge >= 0.3 is 0 Å². The van der Waals surface area contributed by atoms with E-state index in [1.54, 1.807) is 19.9 Å². The average molecular weight is 538 g/mol. The number of unbranched alkanes of at least 4 members (excludes halogenated alkanes) is 9. The Balaban J connectivity index is 1.83. The summed E-state index contributed by atoms with van der Waals surface area (Å²) >= 11 is 6.19. The average Bonchev–Trinajstić information content (AvgIpc) is 2.86. The van der Waals surface area contributed by atoms with Crippen molar-refractivity contribution in [3.8, 4) is 11.5 Å². The van der Waals surface area contributed by atoms with Crippen molar-refractivity contribution < 1.29 is 18.3 Å². The fourth-order valence-electron chi connectivity index (χ4n) is 4.35. The molecule has 0 atom stereocenters. The molecule has 0 heterocycles. The van der Waals surface area contributed by atoms with Crippen LogP contribution >= 0.6 is 11.6 Å². The summed E-state index contributed by atoms with van der Waals surface area (Å²) in [5.74, 6) is 0.436. The third-order valence-electron chi connectivity index (χ3n) is 6.51. The summed E-state index contributed by atoms with van der Waals surface area (Å²) in [5, 5.41) is 10.4. The minimum absolute atomic E-state index is 0.0367. The molecule has 202 valence electrons. The van der Waals surface area contributed by atoms with E-state index in [9.17, 15) is 13.5 Å². The van der Waals surface area contributed by atoms with E-state index in [1.165, 1.54) is 68.2 Å². The number of hydrogen-bond acceptors (Lipinski definition) is 4. The van der Waals surface area contributed by atoms with E-state index in [0.717, 1.165) is 29.9 Å². The van der Waals surface area contributed by atoms with Gasteiger partial charge in [0.05, 0.1) is 11.6 Å². The highest BCUT2D eigenvalue weighted by molar-refractivity contribution is 7.89. The predicted octanol–water partition coefficient (Wildman–Crippen LogP) is 7.97. The topological polar surface area (TPSA) is 66.8 Å². The molecule has 2 aromatic rings. The van der Waals surface area contributed by atoms with Gasteiger partial charge in [-0.25, -0.2) is 8.42 Å². The molecule has 5 nitrogen and oxygen atoms in total. The second-order valence-electron chi connectivity index (χ2n) is 9.36. The van der Waals surface area contributed by atoms with Gasteiger partial charge in [-0.2, -0.15) is 4.31 Å². The van der Waals surface area contributed by atoms with Crippen LogP contribution in [0.5, 0.6) is 11.5 Å². The molecule has 2 aromatic carbocycles. The zero-order valence-electron chi connectivity index (χ0n) is 22.3. The van der Waals surface area contributed by atoms with Crippen LogP contribution in [-0.4, -0.2) is 37.5 Å². The zero-order valence-corrected chi connectivity index (χ0v) is 23.8. The molecule has 36 heavy (non-hydrogen) atoms. The quantitative estimate of drug-likeness (QED) is 0.196. The summed E-state index contributed by atoms with van der Waals surface area (Å²) in [4.78, 5) is -0.148. The van der Waals surface area contributed by atoms with E-state index < -0.39 is 15.8 Å². The van der Waals surface area contributed by atoms with Gasteiger partial charge in [-0.15, -0.1) is 0 Å². The van der Waals surface area contributed by atoms with E-state index in [0.29, 0.717) is 19.5 Å². The minimum Gasteiger partial charge on any atom is -0.505 e. The molecule has 0 unspecified atom stereocenters. The van der Waals surface area contributed by atoms with E-state index in [4.69, 9.17) is 16.3 Å². The number of benzene rings is 2. The van der Waals surface area contributed by atoms with Gasteiger partial charge in [0.2, 0.25) is 10.0 Å². The Kier molecular flexibility index (Phi) is 13.7. The lowest BCUT2D eigenvalue weighted by Crippen LogP contribution is -2.30. The molecule has 0 aliphatic carbocycles. The van der Waals surface area contributed by atoms with Gasteiger partial charge < -0.3 is 9.84 Å². The van der Waals surface area contributed by atoms with Crippen LogP contribution in [0.3, 0.4) is 0 Å². The van der Waals surface area contributed by atoms with Crippen molar-refractivity contribution in [2.45, 2.75) is 96.3 Å². The molecule has 2 rings (SSSR count). The SMILES string of the molecule is CCCCCCCCCCCCOc1ccc(Cc2cc(Cl)c(O)c(S(=O)(=O)N(CC)CC)c2)cc1. The number of ether oxygens (including phenoxy) is 1. The maximum atomic E-state index is 13.0. The van der Waals surface area contributed by atoms with E-state index in [1.807, 2.05) is 24.3 Å². The van der Waals surface area contributed by atoms with Crippen molar-refractivity contribution in [3.63, 3.8) is 0 Å². The summed E-state index contributed by atoms with van der Waals surface area (Å²) in [5.41, 5.74) is 1.73. The third-order valence-corrected chi connectivity index (χ3v) is 8.86. The van der Waals surface area contributed by atoms with Gasteiger partial charge in [-0.3, -0.25) is 0 Å². The molecule has 0 bridgehead atoms. The largest absolute Gasteiger partial charge is 0.505 e. The molecule has 0 spiro atoms. The highest BCUT2D eigenvalue weighted by Crippen LogP contribution is 2.35. The number of rotatable bonds is 18. The first-order chi connectivity index (χ1) is 17.3. The number of nitrogens with zero attached hydrogens (tertiary/aromatic N) is 1. The van der Waals surface area contributed by atoms with Crippen LogP contribution in [0.4, 0.5) is 0 Å². The van der Waals surface area contributed by atoms with Gasteiger partial charge in [0.25, 0.3) is 0 Å². The van der Waals surface area contributed by atoms with Crippen LogP contribution in [0.1, 0.15) is 96.1 Å². The molecule has 0 aliphatic rings. The maximum Gasteiger partial charge on any atom is 0.246 e. The molecular weight excluding hydrogens is 494 g/mol. The van der Waals surface area contributed by atoms with Crippen LogP contribution in [-0.2, 0) is 16.4 Å². The molecule has 0 saturated carbocycles. The maximum absolute atomic E-state index is 13.0. The lowest BCUT2D eigenvalue weighted by Gasteiger charge is -2.20. The highest BCUT2D eigenvalue weighted by atomic mass is 35.5. The Hall–Kier alpha value is -1.76. The molecule has 0 radical (unpaired) electrons.